The topological polar surface area (TPSA) is 27.7 Å². The smallest absolute Gasteiger partial charge is 0.261 e. The molecule has 0 saturated carbocycles. The lowest BCUT2D eigenvalue weighted by atomic mass is 10.0. The van der Waals surface area contributed by atoms with Crippen LogP contribution in [0.2, 0.25) is 5.04 Å². The summed E-state index contributed by atoms with van der Waals surface area (Å²) in [5.41, 5.74) is 1.16. The van der Waals surface area contributed by atoms with Gasteiger partial charge in [-0.3, -0.25) is 0 Å². The van der Waals surface area contributed by atoms with Crippen molar-refractivity contribution in [3.05, 3.63) is 90.5 Å². The number of unbranched alkanes of at least 4 members (excludes halogenated alkanes) is 6. The molecule has 0 N–H and O–H groups in total. The minimum Gasteiger partial charge on any atom is -0.497 e. The molecule has 0 unspecified atom stereocenters. The molecule has 0 aliphatic heterocycles. The molecule has 0 saturated heterocycles. The van der Waals surface area contributed by atoms with E-state index in [1.165, 1.54) is 42.5 Å². The highest BCUT2D eigenvalue weighted by Crippen LogP contribution is 2.37. The number of terminal acetylenes is 1. The first-order valence-corrected chi connectivity index (χ1v) is 17.2. The summed E-state index contributed by atoms with van der Waals surface area (Å²) < 4.78 is 19.1. The summed E-state index contributed by atoms with van der Waals surface area (Å²) in [7, 11) is -0.860. The van der Waals surface area contributed by atoms with Crippen LogP contribution in [0.15, 0.2) is 84.9 Å². The second-order valence-corrected chi connectivity index (χ2v) is 16.3. The van der Waals surface area contributed by atoms with E-state index in [1.807, 2.05) is 12.1 Å². The highest BCUT2D eigenvalue weighted by Gasteiger charge is 2.50. The third-order valence-corrected chi connectivity index (χ3v) is 13.0. The first-order chi connectivity index (χ1) is 19.9. The largest absolute Gasteiger partial charge is 0.497 e. The third-order valence-electron chi connectivity index (χ3n) is 7.92. The molecule has 3 aromatic carbocycles. The molecule has 3 nitrogen and oxygen atoms in total. The Balaban J connectivity index is 1.70. The van der Waals surface area contributed by atoms with E-state index in [9.17, 15) is 0 Å². The van der Waals surface area contributed by atoms with E-state index in [4.69, 9.17) is 20.3 Å². The van der Waals surface area contributed by atoms with Crippen molar-refractivity contribution in [2.75, 3.05) is 13.7 Å². The molecule has 0 amide bonds. The van der Waals surface area contributed by atoms with Crippen molar-refractivity contribution in [3.8, 4) is 18.1 Å². The molecule has 0 spiro atoms. The maximum absolute atomic E-state index is 7.19. The van der Waals surface area contributed by atoms with Crippen LogP contribution < -0.4 is 15.1 Å². The van der Waals surface area contributed by atoms with Crippen molar-refractivity contribution in [2.24, 2.45) is 0 Å². The van der Waals surface area contributed by atoms with Gasteiger partial charge in [-0.2, -0.15) is 0 Å². The molecule has 3 rings (SSSR count). The Morgan fingerprint density at radius 3 is 1.83 bits per heavy atom. The van der Waals surface area contributed by atoms with Crippen LogP contribution in [0.1, 0.15) is 84.1 Å². The molecule has 3 aromatic rings. The van der Waals surface area contributed by atoms with Crippen LogP contribution in [0.4, 0.5) is 0 Å². The number of ether oxygens (including phenoxy) is 2. The van der Waals surface area contributed by atoms with Crippen LogP contribution in [0.25, 0.3) is 0 Å². The highest BCUT2D eigenvalue weighted by atomic mass is 28.4. The molecule has 0 bridgehead atoms. The van der Waals surface area contributed by atoms with E-state index >= 15 is 0 Å². The Morgan fingerprint density at radius 2 is 1.29 bits per heavy atom. The van der Waals surface area contributed by atoms with Gasteiger partial charge < -0.3 is 13.9 Å². The summed E-state index contributed by atoms with van der Waals surface area (Å²) in [5, 5.41) is 2.60. The molecule has 0 aromatic heterocycles. The van der Waals surface area contributed by atoms with E-state index in [2.05, 4.69) is 99.5 Å². The fourth-order valence-electron chi connectivity index (χ4n) is 5.66. The second kappa shape index (κ2) is 17.2. The van der Waals surface area contributed by atoms with Gasteiger partial charge in [0.25, 0.3) is 8.32 Å². The number of hydrogen-bond acceptors (Lipinski definition) is 3. The Labute approximate surface area is 250 Å². The zero-order valence-electron chi connectivity index (χ0n) is 25.7. The van der Waals surface area contributed by atoms with Crippen molar-refractivity contribution in [1.29, 1.82) is 0 Å². The van der Waals surface area contributed by atoms with Gasteiger partial charge in [-0.05, 0) is 52.4 Å². The fourth-order valence-corrected chi connectivity index (χ4v) is 10.2. The van der Waals surface area contributed by atoms with Gasteiger partial charge in [0.2, 0.25) is 0 Å². The quantitative estimate of drug-likeness (QED) is 0.0875. The van der Waals surface area contributed by atoms with Gasteiger partial charge in [-0.25, -0.2) is 0 Å². The predicted octanol–water partition coefficient (Wildman–Crippen LogP) is 8.30. The summed E-state index contributed by atoms with van der Waals surface area (Å²) in [6, 6.07) is 29.9. The molecule has 0 aliphatic carbocycles. The molecule has 220 valence electrons. The first-order valence-electron chi connectivity index (χ1n) is 15.3. The van der Waals surface area contributed by atoms with Gasteiger partial charge >= 0.3 is 0 Å². The molecular formula is C37H50O3Si. The monoisotopic (exact) mass is 570 g/mol. The second-order valence-electron chi connectivity index (χ2n) is 11.9. The van der Waals surface area contributed by atoms with Crippen LogP contribution in [-0.2, 0) is 15.8 Å². The maximum Gasteiger partial charge on any atom is 0.261 e. The highest BCUT2D eigenvalue weighted by molar-refractivity contribution is 6.99. The number of methoxy groups -OCH3 is 1. The van der Waals surface area contributed by atoms with Crippen molar-refractivity contribution < 1.29 is 13.9 Å². The average molecular weight is 571 g/mol. The molecule has 0 heterocycles. The van der Waals surface area contributed by atoms with Crippen LogP contribution in [-0.4, -0.2) is 28.1 Å². The van der Waals surface area contributed by atoms with E-state index < -0.39 is 8.32 Å². The number of rotatable bonds is 18. The lowest BCUT2D eigenvalue weighted by Gasteiger charge is -2.43. The van der Waals surface area contributed by atoms with Gasteiger partial charge in [-0.15, -0.1) is 12.3 Å². The molecular weight excluding hydrogens is 520 g/mol. The molecule has 41 heavy (non-hydrogen) atoms. The minimum atomic E-state index is -2.56. The van der Waals surface area contributed by atoms with E-state index in [1.54, 1.807) is 7.11 Å². The molecule has 0 fully saturated rings. The molecule has 0 radical (unpaired) electrons. The Bertz CT molecular complexity index is 1110. The Morgan fingerprint density at radius 1 is 0.732 bits per heavy atom. The van der Waals surface area contributed by atoms with E-state index in [-0.39, 0.29) is 11.1 Å². The van der Waals surface area contributed by atoms with Crippen molar-refractivity contribution in [2.45, 2.75) is 96.3 Å². The standard InChI is InChI=1S/C37H50O3Si/c1-6-7-8-9-10-11-12-15-20-34(39-31-32-25-27-33(38-5)28-26-32)29-30-40-41(37(2,3)4,35-21-16-13-17-22-35)36-23-18-14-19-24-36/h1,13-14,16-19,21-28,34H,7-12,15,20,29-31H2,2-5H3/t34-/m1/s1. The van der Waals surface area contributed by atoms with Crippen LogP contribution in [0, 0.1) is 12.3 Å². The van der Waals surface area contributed by atoms with Crippen molar-refractivity contribution in [3.63, 3.8) is 0 Å². The van der Waals surface area contributed by atoms with E-state index in [0.29, 0.717) is 13.2 Å². The Hall–Kier alpha value is -2.84. The summed E-state index contributed by atoms with van der Waals surface area (Å²) in [5.74, 6) is 3.61. The number of benzene rings is 3. The summed E-state index contributed by atoms with van der Waals surface area (Å²) >= 11 is 0. The zero-order valence-corrected chi connectivity index (χ0v) is 26.7. The summed E-state index contributed by atoms with van der Waals surface area (Å²) in [4.78, 5) is 0. The minimum absolute atomic E-state index is 0.0332. The zero-order chi connectivity index (χ0) is 29.4. The SMILES string of the molecule is C#CCCCCCCCC[C@H](CCO[Si](c1ccccc1)(c1ccccc1)C(C)(C)C)OCc1ccc(OC)cc1. The van der Waals surface area contributed by atoms with Gasteiger partial charge in [0.15, 0.2) is 0 Å². The number of hydrogen-bond donors (Lipinski definition) is 0. The van der Waals surface area contributed by atoms with Crippen molar-refractivity contribution >= 4 is 18.7 Å². The van der Waals surface area contributed by atoms with Crippen LogP contribution >= 0.6 is 0 Å². The third kappa shape index (κ3) is 9.89. The molecule has 4 heteroatoms. The van der Waals surface area contributed by atoms with Crippen molar-refractivity contribution in [1.82, 2.24) is 0 Å². The average Bonchev–Trinajstić information content (AvgIpc) is 2.99. The van der Waals surface area contributed by atoms with Gasteiger partial charge in [0, 0.05) is 13.0 Å². The lowest BCUT2D eigenvalue weighted by Crippen LogP contribution is -2.66. The normalized spacial score (nSPS) is 12.6. The van der Waals surface area contributed by atoms with E-state index in [0.717, 1.165) is 37.0 Å². The first kappa shape index (κ1) is 32.7. The summed E-state index contributed by atoms with van der Waals surface area (Å²) in [6.07, 6.45) is 15.6. The predicted molar refractivity (Wildman–Crippen MR) is 176 cm³/mol. The van der Waals surface area contributed by atoms with Gasteiger partial charge in [0.05, 0.1) is 19.8 Å². The molecule has 0 aliphatic rings. The van der Waals surface area contributed by atoms with Crippen LogP contribution in [0.3, 0.4) is 0 Å². The Kier molecular flexibility index (Phi) is 13.7. The van der Waals surface area contributed by atoms with Gasteiger partial charge in [0.1, 0.15) is 5.75 Å². The fraction of sp³-hybridized carbons (Fsp3) is 0.459. The summed E-state index contributed by atoms with van der Waals surface area (Å²) in [6.45, 7) is 8.27. The van der Waals surface area contributed by atoms with Crippen LogP contribution in [0.5, 0.6) is 5.75 Å². The lowest BCUT2D eigenvalue weighted by molar-refractivity contribution is 0.0188. The van der Waals surface area contributed by atoms with Gasteiger partial charge in [-0.1, -0.05) is 126 Å². The molecule has 1 atom stereocenters. The maximum atomic E-state index is 7.19.